The minimum absolute atomic E-state index is 0.318. The van der Waals surface area contributed by atoms with Crippen molar-refractivity contribution in [3.8, 4) is 11.5 Å². The number of carboxylic acid groups (broad SMARTS) is 1. The van der Waals surface area contributed by atoms with Crippen molar-refractivity contribution in [2.45, 2.75) is 0 Å². The molecule has 0 aliphatic rings. The Morgan fingerprint density at radius 2 is 2.05 bits per heavy atom. The molecule has 102 valence electrons. The fourth-order valence-electron chi connectivity index (χ4n) is 1.47. The smallest absolute Gasteiger partial charge is 0.328 e. The van der Waals surface area contributed by atoms with Crippen LogP contribution >= 0.6 is 15.9 Å². The molecule has 1 aromatic carbocycles. The van der Waals surface area contributed by atoms with Gasteiger partial charge in [0.05, 0.1) is 6.20 Å². The quantitative estimate of drug-likeness (QED) is 0.860. The summed E-state index contributed by atoms with van der Waals surface area (Å²) < 4.78 is 19.2. The van der Waals surface area contributed by atoms with E-state index in [-0.39, 0.29) is 0 Å². The van der Waals surface area contributed by atoms with E-state index in [4.69, 9.17) is 9.84 Å². The van der Waals surface area contributed by atoms with Gasteiger partial charge in [0.1, 0.15) is 17.3 Å². The second-order valence-corrected chi connectivity index (χ2v) is 4.75. The van der Waals surface area contributed by atoms with Crippen LogP contribution in [0.15, 0.2) is 47.2 Å². The largest absolute Gasteiger partial charge is 0.478 e. The van der Waals surface area contributed by atoms with Gasteiger partial charge >= 0.3 is 5.97 Å². The Morgan fingerprint density at radius 1 is 1.25 bits per heavy atom. The number of pyridine rings is 1. The second kappa shape index (κ2) is 6.29. The molecule has 20 heavy (non-hydrogen) atoms. The number of nitrogens with zero attached hydrogens (tertiary/aromatic N) is 1. The Balaban J connectivity index is 2.21. The lowest BCUT2D eigenvalue weighted by Crippen LogP contribution is -1.89. The molecular weight excluding hydrogens is 329 g/mol. The Labute approximate surface area is 122 Å². The SMILES string of the molecule is O=C(O)/C=C/c1cncc(Oc2cc(F)cc(Br)c2)c1. The number of benzene rings is 1. The molecule has 0 amide bonds. The first-order valence-corrected chi connectivity index (χ1v) is 6.32. The van der Waals surface area contributed by atoms with E-state index in [1.54, 1.807) is 12.1 Å². The standard InChI is InChI=1S/C14H9BrFNO3/c15-10-4-11(16)6-12(5-10)20-13-3-9(7-17-8-13)1-2-14(18)19/h1-8H,(H,18,19)/b2-1+. The molecule has 4 nitrogen and oxygen atoms in total. The summed E-state index contributed by atoms with van der Waals surface area (Å²) in [6.45, 7) is 0. The van der Waals surface area contributed by atoms with Crippen LogP contribution in [-0.4, -0.2) is 16.1 Å². The highest BCUT2D eigenvalue weighted by molar-refractivity contribution is 9.10. The minimum atomic E-state index is -1.05. The van der Waals surface area contributed by atoms with Gasteiger partial charge in [-0.1, -0.05) is 15.9 Å². The van der Waals surface area contributed by atoms with Crippen LogP contribution in [0.25, 0.3) is 6.08 Å². The number of aliphatic carboxylic acids is 1. The summed E-state index contributed by atoms with van der Waals surface area (Å²) in [5, 5.41) is 8.56. The maximum Gasteiger partial charge on any atom is 0.328 e. The molecule has 2 aromatic rings. The van der Waals surface area contributed by atoms with E-state index in [2.05, 4.69) is 20.9 Å². The lowest BCUT2D eigenvalue weighted by atomic mass is 10.2. The number of hydrogen-bond acceptors (Lipinski definition) is 3. The van der Waals surface area contributed by atoms with Crippen LogP contribution in [0, 0.1) is 5.82 Å². The van der Waals surface area contributed by atoms with Crippen LogP contribution in [0.1, 0.15) is 5.56 Å². The molecule has 0 saturated carbocycles. The molecule has 0 aliphatic carbocycles. The highest BCUT2D eigenvalue weighted by atomic mass is 79.9. The zero-order chi connectivity index (χ0) is 14.5. The molecule has 0 spiro atoms. The molecule has 1 N–H and O–H groups in total. The van der Waals surface area contributed by atoms with Crippen molar-refractivity contribution in [1.82, 2.24) is 4.98 Å². The van der Waals surface area contributed by atoms with Crippen LogP contribution in [0.2, 0.25) is 0 Å². The average Bonchev–Trinajstić information content (AvgIpc) is 2.35. The summed E-state index contributed by atoms with van der Waals surface area (Å²) in [4.78, 5) is 14.4. The molecule has 0 saturated heterocycles. The van der Waals surface area contributed by atoms with Crippen molar-refractivity contribution in [1.29, 1.82) is 0 Å². The van der Waals surface area contributed by atoms with Gasteiger partial charge in [-0.15, -0.1) is 0 Å². The van der Waals surface area contributed by atoms with Crippen LogP contribution in [0.3, 0.4) is 0 Å². The Hall–Kier alpha value is -2.21. The first-order chi connectivity index (χ1) is 9.52. The van der Waals surface area contributed by atoms with Gasteiger partial charge in [0.2, 0.25) is 0 Å². The van der Waals surface area contributed by atoms with E-state index in [1.807, 2.05) is 0 Å². The first-order valence-electron chi connectivity index (χ1n) is 5.53. The molecule has 0 fully saturated rings. The molecule has 0 atom stereocenters. The number of hydrogen-bond donors (Lipinski definition) is 1. The first kappa shape index (κ1) is 14.2. The van der Waals surface area contributed by atoms with Crippen molar-refractivity contribution >= 4 is 28.0 Å². The Kier molecular flexibility index (Phi) is 4.47. The Morgan fingerprint density at radius 3 is 2.75 bits per heavy atom. The Bertz CT molecular complexity index is 653. The fourth-order valence-corrected chi connectivity index (χ4v) is 1.92. The summed E-state index contributed by atoms with van der Waals surface area (Å²) in [6, 6.07) is 5.77. The van der Waals surface area contributed by atoms with Crippen LogP contribution in [0.5, 0.6) is 11.5 Å². The summed E-state index contributed by atoms with van der Waals surface area (Å²) in [5.74, 6) is -0.775. The van der Waals surface area contributed by atoms with Crippen molar-refractivity contribution in [2.24, 2.45) is 0 Å². The van der Waals surface area contributed by atoms with Crippen molar-refractivity contribution in [2.75, 3.05) is 0 Å². The predicted octanol–water partition coefficient (Wildman–Crippen LogP) is 3.87. The molecule has 0 radical (unpaired) electrons. The second-order valence-electron chi connectivity index (χ2n) is 3.83. The molecule has 6 heteroatoms. The van der Waals surface area contributed by atoms with Crippen LogP contribution in [0.4, 0.5) is 4.39 Å². The summed E-state index contributed by atoms with van der Waals surface area (Å²) >= 11 is 3.17. The molecular formula is C14H9BrFNO3. The number of ether oxygens (including phenoxy) is 1. The number of aromatic nitrogens is 1. The highest BCUT2D eigenvalue weighted by Crippen LogP contribution is 2.26. The van der Waals surface area contributed by atoms with Crippen LogP contribution in [-0.2, 0) is 4.79 Å². The van der Waals surface area contributed by atoms with Gasteiger partial charge < -0.3 is 9.84 Å². The van der Waals surface area contributed by atoms with Crippen LogP contribution < -0.4 is 4.74 Å². The van der Waals surface area contributed by atoms with Gasteiger partial charge in [0.15, 0.2) is 0 Å². The monoisotopic (exact) mass is 337 g/mol. The normalized spacial score (nSPS) is 10.7. The third kappa shape index (κ3) is 4.17. The summed E-state index contributed by atoms with van der Waals surface area (Å²) in [6.07, 6.45) is 5.34. The summed E-state index contributed by atoms with van der Waals surface area (Å²) in [5.41, 5.74) is 0.570. The van der Waals surface area contributed by atoms with E-state index in [0.29, 0.717) is 21.5 Å². The molecule has 1 aromatic heterocycles. The van der Waals surface area contributed by atoms with Gasteiger partial charge in [-0.3, -0.25) is 4.98 Å². The van der Waals surface area contributed by atoms with Crippen molar-refractivity contribution in [3.05, 3.63) is 58.6 Å². The van der Waals surface area contributed by atoms with E-state index in [0.717, 1.165) is 6.08 Å². The number of carboxylic acids is 1. The third-order valence-corrected chi connectivity index (χ3v) is 2.68. The average molecular weight is 338 g/mol. The number of halogens is 2. The highest BCUT2D eigenvalue weighted by Gasteiger charge is 2.03. The van der Waals surface area contributed by atoms with Crippen molar-refractivity contribution in [3.63, 3.8) is 0 Å². The molecule has 1 heterocycles. The lowest BCUT2D eigenvalue weighted by Gasteiger charge is -2.06. The maximum atomic E-state index is 13.2. The summed E-state index contributed by atoms with van der Waals surface area (Å²) in [7, 11) is 0. The topological polar surface area (TPSA) is 59.4 Å². The minimum Gasteiger partial charge on any atom is -0.478 e. The molecule has 2 rings (SSSR count). The van der Waals surface area contributed by atoms with E-state index in [1.165, 1.54) is 30.6 Å². The number of carbonyl (C=O) groups is 1. The zero-order valence-electron chi connectivity index (χ0n) is 10.1. The lowest BCUT2D eigenvalue weighted by molar-refractivity contribution is -0.131. The van der Waals surface area contributed by atoms with E-state index >= 15 is 0 Å². The fraction of sp³-hybridized carbons (Fsp3) is 0. The van der Waals surface area contributed by atoms with Gasteiger partial charge in [0, 0.05) is 22.8 Å². The molecule has 0 unspecified atom stereocenters. The number of rotatable bonds is 4. The van der Waals surface area contributed by atoms with Gasteiger partial charge in [-0.2, -0.15) is 0 Å². The van der Waals surface area contributed by atoms with Crippen molar-refractivity contribution < 1.29 is 19.0 Å². The molecule has 0 bridgehead atoms. The molecule has 0 aliphatic heterocycles. The van der Waals surface area contributed by atoms with E-state index < -0.39 is 11.8 Å². The van der Waals surface area contributed by atoms with E-state index in [9.17, 15) is 9.18 Å². The third-order valence-electron chi connectivity index (χ3n) is 2.22. The van der Waals surface area contributed by atoms with Gasteiger partial charge in [-0.05, 0) is 29.8 Å². The predicted molar refractivity (Wildman–Crippen MR) is 75.1 cm³/mol. The maximum absolute atomic E-state index is 13.2. The zero-order valence-corrected chi connectivity index (χ0v) is 11.7. The van der Waals surface area contributed by atoms with Gasteiger partial charge in [0.25, 0.3) is 0 Å². The van der Waals surface area contributed by atoms with Gasteiger partial charge in [-0.25, -0.2) is 9.18 Å².